The predicted octanol–water partition coefficient (Wildman–Crippen LogP) is 4.28. The molecular formula is C22H20N2O6. The topological polar surface area (TPSA) is 112 Å². The van der Waals surface area contributed by atoms with Gasteiger partial charge in [0.2, 0.25) is 0 Å². The van der Waals surface area contributed by atoms with Gasteiger partial charge in [-0.25, -0.2) is 0 Å². The van der Waals surface area contributed by atoms with Crippen LogP contribution in [0.5, 0.6) is 0 Å². The van der Waals surface area contributed by atoms with Crippen molar-refractivity contribution in [3.8, 4) is 11.3 Å². The van der Waals surface area contributed by atoms with Crippen LogP contribution in [0.25, 0.3) is 11.3 Å². The Hall–Kier alpha value is -3.94. The van der Waals surface area contributed by atoms with E-state index in [1.54, 1.807) is 13.0 Å². The first-order valence-corrected chi connectivity index (χ1v) is 9.27. The van der Waals surface area contributed by atoms with Gasteiger partial charge in [-0.2, -0.15) is 0 Å². The molecule has 0 radical (unpaired) electrons. The average molecular weight is 408 g/mol. The third kappa shape index (κ3) is 5.54. The molecule has 0 saturated carbocycles. The van der Waals surface area contributed by atoms with Crippen LogP contribution in [0.3, 0.4) is 0 Å². The molecule has 0 saturated heterocycles. The van der Waals surface area contributed by atoms with Crippen LogP contribution < -0.4 is 5.32 Å². The number of benzene rings is 2. The van der Waals surface area contributed by atoms with E-state index in [0.29, 0.717) is 29.2 Å². The van der Waals surface area contributed by atoms with Crippen LogP contribution in [0, 0.1) is 17.0 Å². The molecule has 1 N–H and O–H groups in total. The number of amides is 1. The van der Waals surface area contributed by atoms with Gasteiger partial charge >= 0.3 is 5.97 Å². The minimum Gasteiger partial charge on any atom is -0.461 e. The molecule has 0 aliphatic rings. The maximum Gasteiger partial charge on any atom is 0.306 e. The Morgan fingerprint density at radius 2 is 1.87 bits per heavy atom. The Morgan fingerprint density at radius 3 is 2.60 bits per heavy atom. The Bertz CT molecular complexity index is 1060. The Morgan fingerprint density at radius 1 is 1.10 bits per heavy atom. The van der Waals surface area contributed by atoms with E-state index in [4.69, 9.17) is 9.15 Å². The van der Waals surface area contributed by atoms with E-state index in [9.17, 15) is 19.7 Å². The molecule has 154 valence electrons. The van der Waals surface area contributed by atoms with Crippen molar-refractivity contribution in [2.75, 3.05) is 11.9 Å². The first kappa shape index (κ1) is 20.8. The van der Waals surface area contributed by atoms with Gasteiger partial charge in [0, 0.05) is 24.1 Å². The summed E-state index contributed by atoms with van der Waals surface area (Å²) in [5, 5.41) is 13.4. The Balaban J connectivity index is 1.46. The van der Waals surface area contributed by atoms with Gasteiger partial charge in [-0.15, -0.1) is 0 Å². The van der Waals surface area contributed by atoms with Crippen molar-refractivity contribution in [3.05, 3.63) is 82.1 Å². The maximum absolute atomic E-state index is 12.0. The van der Waals surface area contributed by atoms with Gasteiger partial charge in [-0.05, 0) is 24.6 Å². The molecular weight excluding hydrogens is 388 g/mol. The summed E-state index contributed by atoms with van der Waals surface area (Å²) in [6.07, 6.45) is 0.405. The van der Waals surface area contributed by atoms with E-state index in [0.717, 1.165) is 5.56 Å². The van der Waals surface area contributed by atoms with Crippen molar-refractivity contribution in [1.82, 2.24) is 0 Å². The number of anilines is 1. The fraction of sp³-hybridized carbons (Fsp3) is 0.182. The monoisotopic (exact) mass is 408 g/mol. The molecule has 2 aromatic carbocycles. The summed E-state index contributed by atoms with van der Waals surface area (Å²) in [7, 11) is 0. The van der Waals surface area contributed by atoms with Gasteiger partial charge < -0.3 is 14.5 Å². The number of nitro benzene ring substituents is 1. The molecule has 0 aliphatic carbocycles. The van der Waals surface area contributed by atoms with E-state index < -0.39 is 23.4 Å². The summed E-state index contributed by atoms with van der Waals surface area (Å²) in [5.74, 6) is 0.239. The SMILES string of the molecule is Cc1ccc([N+](=O)[O-])cc1NC(=O)COC(=O)CCc1ccc(-c2ccccc2)o1. The van der Waals surface area contributed by atoms with Crippen LogP contribution >= 0.6 is 0 Å². The lowest BCUT2D eigenvalue weighted by molar-refractivity contribution is -0.384. The zero-order chi connectivity index (χ0) is 21.5. The molecule has 0 aliphatic heterocycles. The third-order valence-electron chi connectivity index (χ3n) is 4.37. The van der Waals surface area contributed by atoms with E-state index in [-0.39, 0.29) is 12.1 Å². The minimum atomic E-state index is -0.573. The zero-order valence-electron chi connectivity index (χ0n) is 16.3. The summed E-state index contributed by atoms with van der Waals surface area (Å²) in [5.41, 5.74) is 1.77. The summed E-state index contributed by atoms with van der Waals surface area (Å²) in [4.78, 5) is 34.2. The van der Waals surface area contributed by atoms with E-state index in [1.807, 2.05) is 36.4 Å². The number of carbonyl (C=O) groups excluding carboxylic acids is 2. The molecule has 1 amide bonds. The molecule has 3 rings (SSSR count). The lowest BCUT2D eigenvalue weighted by Gasteiger charge is -2.08. The molecule has 3 aromatic rings. The van der Waals surface area contributed by atoms with Gasteiger partial charge in [-0.3, -0.25) is 19.7 Å². The quantitative estimate of drug-likeness (QED) is 0.338. The molecule has 1 aromatic heterocycles. The number of nitro groups is 1. The molecule has 0 bridgehead atoms. The third-order valence-corrected chi connectivity index (χ3v) is 4.37. The first-order valence-electron chi connectivity index (χ1n) is 9.27. The van der Waals surface area contributed by atoms with Crippen LogP contribution in [0.1, 0.15) is 17.7 Å². The molecule has 30 heavy (non-hydrogen) atoms. The highest BCUT2D eigenvalue weighted by Gasteiger charge is 2.13. The molecule has 0 spiro atoms. The highest BCUT2D eigenvalue weighted by atomic mass is 16.6. The number of nitrogens with zero attached hydrogens (tertiary/aromatic N) is 1. The number of nitrogens with one attached hydrogen (secondary N) is 1. The van der Waals surface area contributed by atoms with Crippen molar-refractivity contribution >= 4 is 23.3 Å². The smallest absolute Gasteiger partial charge is 0.306 e. The summed E-state index contributed by atoms with van der Waals surface area (Å²) in [6, 6.07) is 17.4. The number of non-ortho nitro benzene ring substituents is 1. The number of rotatable bonds is 8. The lowest BCUT2D eigenvalue weighted by atomic mass is 10.2. The van der Waals surface area contributed by atoms with E-state index in [1.165, 1.54) is 18.2 Å². The second kappa shape index (κ2) is 9.51. The van der Waals surface area contributed by atoms with Gasteiger partial charge in [0.1, 0.15) is 11.5 Å². The molecule has 8 heteroatoms. The normalized spacial score (nSPS) is 10.4. The van der Waals surface area contributed by atoms with Gasteiger partial charge in [-0.1, -0.05) is 36.4 Å². The van der Waals surface area contributed by atoms with Crippen molar-refractivity contribution < 1.29 is 23.7 Å². The molecule has 0 fully saturated rings. The minimum absolute atomic E-state index is 0.0604. The number of ether oxygens (including phenoxy) is 1. The highest BCUT2D eigenvalue weighted by molar-refractivity contribution is 5.93. The fourth-order valence-corrected chi connectivity index (χ4v) is 2.76. The number of furan rings is 1. The summed E-state index contributed by atoms with van der Waals surface area (Å²) < 4.78 is 10.7. The summed E-state index contributed by atoms with van der Waals surface area (Å²) in [6.45, 7) is 1.23. The fourth-order valence-electron chi connectivity index (χ4n) is 2.76. The standard InChI is InChI=1S/C22H20N2O6/c1-15-7-8-17(24(27)28)13-19(15)23-21(25)14-29-22(26)12-10-18-9-11-20(30-18)16-5-3-2-4-6-16/h2-9,11,13H,10,12,14H2,1H3,(H,23,25). The number of carbonyl (C=O) groups is 2. The molecule has 0 atom stereocenters. The second-order valence-corrected chi connectivity index (χ2v) is 6.60. The number of hydrogen-bond acceptors (Lipinski definition) is 6. The number of esters is 1. The van der Waals surface area contributed by atoms with Crippen molar-refractivity contribution in [1.29, 1.82) is 0 Å². The van der Waals surface area contributed by atoms with Crippen molar-refractivity contribution in [2.45, 2.75) is 19.8 Å². The van der Waals surface area contributed by atoms with Gasteiger partial charge in [0.15, 0.2) is 6.61 Å². The number of hydrogen-bond donors (Lipinski definition) is 1. The van der Waals surface area contributed by atoms with Gasteiger partial charge in [0.05, 0.1) is 17.0 Å². The second-order valence-electron chi connectivity index (χ2n) is 6.60. The summed E-state index contributed by atoms with van der Waals surface area (Å²) >= 11 is 0. The van der Waals surface area contributed by atoms with Crippen molar-refractivity contribution in [2.24, 2.45) is 0 Å². The average Bonchev–Trinajstić information content (AvgIpc) is 3.22. The van der Waals surface area contributed by atoms with Crippen LogP contribution in [-0.2, 0) is 20.7 Å². The van der Waals surface area contributed by atoms with E-state index >= 15 is 0 Å². The van der Waals surface area contributed by atoms with Crippen LogP contribution in [0.4, 0.5) is 11.4 Å². The van der Waals surface area contributed by atoms with Crippen LogP contribution in [0.15, 0.2) is 65.1 Å². The molecule has 8 nitrogen and oxygen atoms in total. The molecule has 1 heterocycles. The van der Waals surface area contributed by atoms with Crippen LogP contribution in [0.2, 0.25) is 0 Å². The highest BCUT2D eigenvalue weighted by Crippen LogP contribution is 2.23. The largest absolute Gasteiger partial charge is 0.461 e. The zero-order valence-corrected chi connectivity index (χ0v) is 16.3. The van der Waals surface area contributed by atoms with Gasteiger partial charge in [0.25, 0.3) is 11.6 Å². The number of aryl methyl sites for hydroxylation is 2. The van der Waals surface area contributed by atoms with E-state index in [2.05, 4.69) is 5.32 Å². The lowest BCUT2D eigenvalue weighted by Crippen LogP contribution is -2.21. The van der Waals surface area contributed by atoms with Crippen molar-refractivity contribution in [3.63, 3.8) is 0 Å². The van der Waals surface area contributed by atoms with Crippen LogP contribution in [-0.4, -0.2) is 23.4 Å². The predicted molar refractivity (Wildman–Crippen MR) is 110 cm³/mol. The maximum atomic E-state index is 12.0. The Kier molecular flexibility index (Phi) is 6.59. The molecule has 0 unspecified atom stereocenters. The first-order chi connectivity index (χ1) is 14.4. The Labute approximate surface area is 172 Å².